The van der Waals surface area contributed by atoms with Crippen molar-refractivity contribution in [1.29, 1.82) is 0 Å². The van der Waals surface area contributed by atoms with Crippen LogP contribution in [0.25, 0.3) is 0 Å². The van der Waals surface area contributed by atoms with Gasteiger partial charge < -0.3 is 10.2 Å². The van der Waals surface area contributed by atoms with E-state index in [0.717, 1.165) is 30.5 Å². The van der Waals surface area contributed by atoms with Crippen LogP contribution in [0.4, 0.5) is 5.82 Å². The average Bonchev–Trinajstić information content (AvgIpc) is 3.09. The van der Waals surface area contributed by atoms with E-state index in [1.165, 1.54) is 24.0 Å². The van der Waals surface area contributed by atoms with E-state index in [1.54, 1.807) is 0 Å². The molecule has 112 valence electrons. The number of hydrogen-bond donors (Lipinski definition) is 1. The third-order valence-electron chi connectivity index (χ3n) is 3.84. The molecule has 0 atom stereocenters. The minimum absolute atomic E-state index is 0.129. The predicted molar refractivity (Wildman–Crippen MR) is 86.3 cm³/mol. The second-order valence-electron chi connectivity index (χ2n) is 7.31. The van der Waals surface area contributed by atoms with Gasteiger partial charge in [-0.25, -0.2) is 4.98 Å². The molecule has 0 unspecified atom stereocenters. The zero-order valence-corrected chi connectivity index (χ0v) is 13.9. The molecule has 1 heterocycles. The minimum atomic E-state index is 0.129. The fourth-order valence-corrected chi connectivity index (χ4v) is 2.51. The summed E-state index contributed by atoms with van der Waals surface area (Å²) < 4.78 is 0. The number of nitrogens with one attached hydrogen (secondary N) is 1. The van der Waals surface area contributed by atoms with Crippen LogP contribution in [-0.4, -0.2) is 24.1 Å². The van der Waals surface area contributed by atoms with Gasteiger partial charge in [0, 0.05) is 36.9 Å². The first-order chi connectivity index (χ1) is 9.26. The molecular weight excluding hydrogens is 246 g/mol. The van der Waals surface area contributed by atoms with Crippen LogP contribution in [0, 0.1) is 19.8 Å². The van der Waals surface area contributed by atoms with Gasteiger partial charge >= 0.3 is 0 Å². The van der Waals surface area contributed by atoms with Crippen molar-refractivity contribution in [3.8, 4) is 0 Å². The van der Waals surface area contributed by atoms with Crippen LogP contribution < -0.4 is 10.2 Å². The molecule has 1 aliphatic rings. The quantitative estimate of drug-likeness (QED) is 0.892. The normalized spacial score (nSPS) is 15.5. The van der Waals surface area contributed by atoms with E-state index in [4.69, 9.17) is 4.98 Å². The maximum absolute atomic E-state index is 4.80. The van der Waals surface area contributed by atoms with Crippen LogP contribution in [0.3, 0.4) is 0 Å². The molecule has 0 bridgehead atoms. The Bertz CT molecular complexity index is 470. The number of rotatable bonds is 5. The second kappa shape index (κ2) is 5.72. The Morgan fingerprint density at radius 2 is 1.95 bits per heavy atom. The molecule has 1 N–H and O–H groups in total. The van der Waals surface area contributed by atoms with Crippen LogP contribution in [0.5, 0.6) is 0 Å². The van der Waals surface area contributed by atoms with Gasteiger partial charge in [0.05, 0.1) is 0 Å². The molecule has 1 fully saturated rings. The molecule has 2 rings (SSSR count). The van der Waals surface area contributed by atoms with Crippen LogP contribution in [0.2, 0.25) is 0 Å². The number of aromatic nitrogens is 1. The van der Waals surface area contributed by atoms with Crippen molar-refractivity contribution in [1.82, 2.24) is 10.3 Å². The SMILES string of the molecule is Cc1cc(C)c(CNC(C)(C)C)c(N(C)CC2CC2)n1. The van der Waals surface area contributed by atoms with Crippen LogP contribution in [0.15, 0.2) is 6.07 Å². The van der Waals surface area contributed by atoms with Crippen molar-refractivity contribution in [2.75, 3.05) is 18.5 Å². The molecule has 1 aromatic rings. The van der Waals surface area contributed by atoms with E-state index in [2.05, 4.69) is 57.9 Å². The highest BCUT2D eigenvalue weighted by Gasteiger charge is 2.25. The molecule has 20 heavy (non-hydrogen) atoms. The molecule has 1 aromatic heterocycles. The average molecular weight is 275 g/mol. The zero-order valence-electron chi connectivity index (χ0n) is 13.9. The second-order valence-corrected chi connectivity index (χ2v) is 7.31. The van der Waals surface area contributed by atoms with Crippen molar-refractivity contribution in [3.05, 3.63) is 22.9 Å². The Hall–Kier alpha value is -1.09. The first-order valence-electron chi connectivity index (χ1n) is 7.69. The van der Waals surface area contributed by atoms with Gasteiger partial charge in [-0.3, -0.25) is 0 Å². The summed E-state index contributed by atoms with van der Waals surface area (Å²) >= 11 is 0. The molecule has 0 amide bonds. The number of hydrogen-bond acceptors (Lipinski definition) is 3. The summed E-state index contributed by atoms with van der Waals surface area (Å²) in [6, 6.07) is 2.19. The summed E-state index contributed by atoms with van der Waals surface area (Å²) in [5, 5.41) is 3.60. The van der Waals surface area contributed by atoms with E-state index in [-0.39, 0.29) is 5.54 Å². The number of nitrogens with zero attached hydrogens (tertiary/aromatic N) is 2. The van der Waals surface area contributed by atoms with E-state index < -0.39 is 0 Å². The Balaban J connectivity index is 2.22. The van der Waals surface area contributed by atoms with E-state index in [1.807, 2.05) is 0 Å². The maximum Gasteiger partial charge on any atom is 0.133 e. The molecule has 1 aliphatic carbocycles. The molecule has 0 aliphatic heterocycles. The molecule has 3 nitrogen and oxygen atoms in total. The largest absolute Gasteiger partial charge is 0.359 e. The lowest BCUT2D eigenvalue weighted by molar-refractivity contribution is 0.423. The molecule has 0 aromatic carbocycles. The third-order valence-corrected chi connectivity index (χ3v) is 3.84. The number of pyridine rings is 1. The Labute approximate surface area is 123 Å². The summed E-state index contributed by atoms with van der Waals surface area (Å²) in [6.07, 6.45) is 2.76. The highest BCUT2D eigenvalue weighted by Crippen LogP contribution is 2.32. The van der Waals surface area contributed by atoms with Crippen molar-refractivity contribution in [3.63, 3.8) is 0 Å². The van der Waals surface area contributed by atoms with Gasteiger partial charge in [-0.1, -0.05) is 0 Å². The molecule has 0 radical (unpaired) electrons. The lowest BCUT2D eigenvalue weighted by atomic mass is 10.1. The molecule has 0 saturated heterocycles. The van der Waals surface area contributed by atoms with Crippen molar-refractivity contribution in [2.24, 2.45) is 5.92 Å². The summed E-state index contributed by atoms with van der Waals surface area (Å²) in [5.41, 5.74) is 3.92. The Morgan fingerprint density at radius 3 is 2.50 bits per heavy atom. The highest BCUT2D eigenvalue weighted by atomic mass is 15.2. The number of aryl methyl sites for hydroxylation is 2. The summed E-state index contributed by atoms with van der Waals surface area (Å²) in [4.78, 5) is 7.15. The maximum atomic E-state index is 4.80. The summed E-state index contributed by atoms with van der Waals surface area (Å²) in [7, 11) is 2.18. The predicted octanol–water partition coefficient (Wildman–Crippen LogP) is 3.43. The molecule has 0 spiro atoms. The fraction of sp³-hybridized carbons (Fsp3) is 0.706. The highest BCUT2D eigenvalue weighted by molar-refractivity contribution is 5.51. The zero-order chi connectivity index (χ0) is 14.9. The number of anilines is 1. The minimum Gasteiger partial charge on any atom is -0.359 e. The molecular formula is C17H29N3. The van der Waals surface area contributed by atoms with Crippen molar-refractivity contribution < 1.29 is 0 Å². The Morgan fingerprint density at radius 1 is 1.30 bits per heavy atom. The first-order valence-corrected chi connectivity index (χ1v) is 7.69. The van der Waals surface area contributed by atoms with Gasteiger partial charge in [0.15, 0.2) is 0 Å². The van der Waals surface area contributed by atoms with Crippen LogP contribution in [0.1, 0.15) is 50.4 Å². The Kier molecular flexibility index (Phi) is 4.38. The van der Waals surface area contributed by atoms with Crippen LogP contribution >= 0.6 is 0 Å². The fourth-order valence-electron chi connectivity index (χ4n) is 2.51. The van der Waals surface area contributed by atoms with Gasteiger partial charge in [-0.2, -0.15) is 0 Å². The molecule has 1 saturated carbocycles. The lowest BCUT2D eigenvalue weighted by Gasteiger charge is -2.26. The van der Waals surface area contributed by atoms with Crippen LogP contribution in [-0.2, 0) is 6.54 Å². The first kappa shape index (κ1) is 15.3. The van der Waals surface area contributed by atoms with Gasteiger partial charge in [-0.15, -0.1) is 0 Å². The van der Waals surface area contributed by atoms with Gasteiger partial charge in [0.1, 0.15) is 5.82 Å². The smallest absolute Gasteiger partial charge is 0.133 e. The monoisotopic (exact) mass is 275 g/mol. The van der Waals surface area contributed by atoms with Crippen molar-refractivity contribution in [2.45, 2.75) is 59.5 Å². The van der Waals surface area contributed by atoms with Crippen molar-refractivity contribution >= 4 is 5.82 Å². The topological polar surface area (TPSA) is 28.2 Å². The molecule has 3 heteroatoms. The van der Waals surface area contributed by atoms with Gasteiger partial charge in [0.2, 0.25) is 0 Å². The lowest BCUT2D eigenvalue weighted by Crippen LogP contribution is -2.36. The summed E-state index contributed by atoms with van der Waals surface area (Å²) in [5.74, 6) is 2.04. The van der Waals surface area contributed by atoms with Gasteiger partial charge in [0.25, 0.3) is 0 Å². The third kappa shape index (κ3) is 4.20. The summed E-state index contributed by atoms with van der Waals surface area (Å²) in [6.45, 7) is 12.9. The van der Waals surface area contributed by atoms with E-state index in [0.29, 0.717) is 0 Å². The van der Waals surface area contributed by atoms with E-state index in [9.17, 15) is 0 Å². The van der Waals surface area contributed by atoms with E-state index >= 15 is 0 Å². The van der Waals surface area contributed by atoms with Gasteiger partial charge in [-0.05, 0) is 65.0 Å². The standard InChI is InChI=1S/C17H29N3/c1-12-9-13(2)19-16(20(6)11-14-7-8-14)15(12)10-18-17(3,4)5/h9,14,18H,7-8,10-11H2,1-6H3.